The van der Waals surface area contributed by atoms with Gasteiger partial charge in [-0.15, -0.1) is 0 Å². The zero-order chi connectivity index (χ0) is 12.8. The number of nitrogens with one attached hydrogen (secondary N) is 1. The number of rotatable bonds is 4. The molecular formula is C14H20ClNO2. The third-order valence-electron chi connectivity index (χ3n) is 3.32. The molecule has 1 N–H and O–H groups in total. The van der Waals surface area contributed by atoms with Crippen molar-refractivity contribution < 1.29 is 9.47 Å². The molecule has 0 bridgehead atoms. The van der Waals surface area contributed by atoms with Gasteiger partial charge in [0.25, 0.3) is 0 Å². The fourth-order valence-corrected chi connectivity index (χ4v) is 2.49. The second kappa shape index (κ2) is 6.98. The van der Waals surface area contributed by atoms with Crippen LogP contribution in [0.5, 0.6) is 5.75 Å². The second-order valence-corrected chi connectivity index (χ2v) is 4.95. The van der Waals surface area contributed by atoms with Crippen LogP contribution < -0.4 is 10.1 Å². The van der Waals surface area contributed by atoms with E-state index in [4.69, 9.17) is 21.1 Å². The van der Waals surface area contributed by atoms with Gasteiger partial charge in [0.15, 0.2) is 0 Å². The standard InChI is InChI=1S/C14H20ClNO2/c1-17-14-6-2-5-13(15)12(14)10-16-11-4-3-8-18-9-7-11/h2,5-6,11,16H,3-4,7-10H2,1H3. The second-order valence-electron chi connectivity index (χ2n) is 4.54. The molecule has 0 saturated carbocycles. The summed E-state index contributed by atoms with van der Waals surface area (Å²) in [7, 11) is 1.68. The van der Waals surface area contributed by atoms with Gasteiger partial charge >= 0.3 is 0 Å². The Morgan fingerprint density at radius 3 is 3.11 bits per heavy atom. The van der Waals surface area contributed by atoms with E-state index in [1.807, 2.05) is 18.2 Å². The van der Waals surface area contributed by atoms with Crippen molar-refractivity contribution in [3.8, 4) is 5.75 Å². The van der Waals surface area contributed by atoms with E-state index in [9.17, 15) is 0 Å². The Kier molecular flexibility index (Phi) is 5.29. The molecule has 1 aromatic rings. The van der Waals surface area contributed by atoms with E-state index in [2.05, 4.69) is 5.32 Å². The molecule has 1 unspecified atom stereocenters. The summed E-state index contributed by atoms with van der Waals surface area (Å²) in [4.78, 5) is 0. The predicted molar refractivity (Wildman–Crippen MR) is 73.3 cm³/mol. The van der Waals surface area contributed by atoms with Crippen molar-refractivity contribution >= 4 is 11.6 Å². The molecule has 1 heterocycles. The normalized spacial score (nSPS) is 20.4. The molecule has 0 radical (unpaired) electrons. The van der Waals surface area contributed by atoms with Crippen LogP contribution in [-0.2, 0) is 11.3 Å². The lowest BCUT2D eigenvalue weighted by molar-refractivity contribution is 0.142. The summed E-state index contributed by atoms with van der Waals surface area (Å²) in [5, 5.41) is 4.31. The fourth-order valence-electron chi connectivity index (χ4n) is 2.26. The van der Waals surface area contributed by atoms with Crippen molar-refractivity contribution in [1.29, 1.82) is 0 Å². The molecular weight excluding hydrogens is 250 g/mol. The van der Waals surface area contributed by atoms with Crippen LogP contribution in [0, 0.1) is 0 Å². The molecule has 100 valence electrons. The minimum absolute atomic E-state index is 0.508. The van der Waals surface area contributed by atoms with Crippen molar-refractivity contribution in [3.05, 3.63) is 28.8 Å². The Morgan fingerprint density at radius 2 is 2.28 bits per heavy atom. The van der Waals surface area contributed by atoms with Gasteiger partial charge in [-0.25, -0.2) is 0 Å². The number of ether oxygens (including phenoxy) is 2. The van der Waals surface area contributed by atoms with Gasteiger partial charge in [-0.2, -0.15) is 0 Å². The number of benzene rings is 1. The van der Waals surface area contributed by atoms with Gasteiger partial charge in [0.2, 0.25) is 0 Å². The summed E-state index contributed by atoms with van der Waals surface area (Å²) in [5.41, 5.74) is 1.03. The molecule has 1 aliphatic rings. The maximum absolute atomic E-state index is 6.21. The first kappa shape index (κ1) is 13.7. The van der Waals surface area contributed by atoms with E-state index in [1.54, 1.807) is 7.11 Å². The summed E-state index contributed by atoms with van der Waals surface area (Å²) in [5.74, 6) is 0.847. The first-order valence-corrected chi connectivity index (χ1v) is 6.81. The van der Waals surface area contributed by atoms with Gasteiger partial charge in [0.1, 0.15) is 5.75 Å². The third kappa shape index (κ3) is 3.61. The van der Waals surface area contributed by atoms with Crippen LogP contribution in [0.2, 0.25) is 5.02 Å². The van der Waals surface area contributed by atoms with E-state index < -0.39 is 0 Å². The highest BCUT2D eigenvalue weighted by molar-refractivity contribution is 6.31. The first-order chi connectivity index (χ1) is 8.81. The smallest absolute Gasteiger partial charge is 0.124 e. The molecule has 1 fully saturated rings. The number of hydrogen-bond donors (Lipinski definition) is 1. The molecule has 4 heteroatoms. The maximum Gasteiger partial charge on any atom is 0.124 e. The van der Waals surface area contributed by atoms with Crippen LogP contribution >= 0.6 is 11.6 Å². The minimum atomic E-state index is 0.508. The Bertz CT molecular complexity index is 376. The number of hydrogen-bond acceptors (Lipinski definition) is 3. The lowest BCUT2D eigenvalue weighted by Gasteiger charge is -2.17. The predicted octanol–water partition coefficient (Wildman–Crippen LogP) is 3.01. The molecule has 18 heavy (non-hydrogen) atoms. The highest BCUT2D eigenvalue weighted by atomic mass is 35.5. The van der Waals surface area contributed by atoms with Gasteiger partial charge in [-0.1, -0.05) is 17.7 Å². The first-order valence-electron chi connectivity index (χ1n) is 6.44. The average Bonchev–Trinajstić information content (AvgIpc) is 2.65. The summed E-state index contributed by atoms with van der Waals surface area (Å²) >= 11 is 6.21. The van der Waals surface area contributed by atoms with E-state index in [0.29, 0.717) is 6.04 Å². The highest BCUT2D eigenvalue weighted by Gasteiger charge is 2.14. The minimum Gasteiger partial charge on any atom is -0.496 e. The van der Waals surface area contributed by atoms with Gasteiger partial charge < -0.3 is 14.8 Å². The van der Waals surface area contributed by atoms with Crippen LogP contribution in [0.1, 0.15) is 24.8 Å². The number of methoxy groups -OCH3 is 1. The summed E-state index contributed by atoms with van der Waals surface area (Å²) < 4.78 is 10.8. The van der Waals surface area contributed by atoms with Crippen molar-refractivity contribution in [3.63, 3.8) is 0 Å². The topological polar surface area (TPSA) is 30.5 Å². The monoisotopic (exact) mass is 269 g/mol. The molecule has 0 aliphatic carbocycles. The zero-order valence-corrected chi connectivity index (χ0v) is 11.5. The summed E-state index contributed by atoms with van der Waals surface area (Å²) in [6, 6.07) is 6.26. The van der Waals surface area contributed by atoms with Crippen LogP contribution in [0.4, 0.5) is 0 Å². The van der Waals surface area contributed by atoms with E-state index in [-0.39, 0.29) is 0 Å². The van der Waals surface area contributed by atoms with Crippen LogP contribution in [0.3, 0.4) is 0 Å². The van der Waals surface area contributed by atoms with Gasteiger partial charge in [0.05, 0.1) is 7.11 Å². The van der Waals surface area contributed by atoms with Gasteiger partial charge in [0, 0.05) is 36.4 Å². The molecule has 0 aromatic heterocycles. The highest BCUT2D eigenvalue weighted by Crippen LogP contribution is 2.26. The molecule has 1 aromatic carbocycles. The lowest BCUT2D eigenvalue weighted by Crippen LogP contribution is -2.29. The number of halogens is 1. The Hall–Kier alpha value is -0.770. The van der Waals surface area contributed by atoms with Crippen LogP contribution in [-0.4, -0.2) is 26.4 Å². The fraction of sp³-hybridized carbons (Fsp3) is 0.571. The molecule has 0 spiro atoms. The van der Waals surface area contributed by atoms with Crippen molar-refractivity contribution in [2.45, 2.75) is 31.8 Å². The third-order valence-corrected chi connectivity index (χ3v) is 3.67. The molecule has 0 amide bonds. The van der Waals surface area contributed by atoms with Gasteiger partial charge in [-0.05, 0) is 31.4 Å². The Labute approximate surface area is 113 Å². The summed E-state index contributed by atoms with van der Waals surface area (Å²) in [6.45, 7) is 2.47. The zero-order valence-electron chi connectivity index (χ0n) is 10.7. The summed E-state index contributed by atoms with van der Waals surface area (Å²) in [6.07, 6.45) is 3.34. The SMILES string of the molecule is COc1cccc(Cl)c1CNC1CCCOCC1. The Morgan fingerprint density at radius 1 is 1.39 bits per heavy atom. The molecule has 1 atom stereocenters. The quantitative estimate of drug-likeness (QED) is 0.912. The lowest BCUT2D eigenvalue weighted by atomic mass is 10.1. The van der Waals surface area contributed by atoms with E-state index >= 15 is 0 Å². The molecule has 1 saturated heterocycles. The van der Waals surface area contributed by atoms with Crippen molar-refractivity contribution in [2.24, 2.45) is 0 Å². The largest absolute Gasteiger partial charge is 0.496 e. The van der Waals surface area contributed by atoms with Crippen molar-refractivity contribution in [1.82, 2.24) is 5.32 Å². The molecule has 1 aliphatic heterocycles. The van der Waals surface area contributed by atoms with Gasteiger partial charge in [-0.3, -0.25) is 0 Å². The van der Waals surface area contributed by atoms with Crippen LogP contribution in [0.25, 0.3) is 0 Å². The van der Waals surface area contributed by atoms with Crippen molar-refractivity contribution in [2.75, 3.05) is 20.3 Å². The van der Waals surface area contributed by atoms with E-state index in [0.717, 1.165) is 55.4 Å². The maximum atomic E-state index is 6.21. The molecule has 2 rings (SSSR count). The van der Waals surface area contributed by atoms with Crippen LogP contribution in [0.15, 0.2) is 18.2 Å². The molecule has 3 nitrogen and oxygen atoms in total. The van der Waals surface area contributed by atoms with E-state index in [1.165, 1.54) is 0 Å². The Balaban J connectivity index is 1.96. The average molecular weight is 270 g/mol.